The lowest BCUT2D eigenvalue weighted by Gasteiger charge is -2.41. The van der Waals surface area contributed by atoms with Gasteiger partial charge in [0.15, 0.2) is 0 Å². The van der Waals surface area contributed by atoms with Crippen molar-refractivity contribution in [3.63, 3.8) is 0 Å². The Hall–Kier alpha value is -0.0900. The maximum atomic E-state index is 2.36. The Kier molecular flexibility index (Phi) is 4.59. The monoisotopic (exact) mass is 317 g/mol. The predicted octanol–water partition coefficient (Wildman–Crippen LogP) is -0.00800. The zero-order valence-corrected chi connectivity index (χ0v) is 11.8. The summed E-state index contributed by atoms with van der Waals surface area (Å²) < 4.78 is 1.16. The minimum Gasteiger partial charge on any atom is -1.00 e. The highest BCUT2D eigenvalue weighted by molar-refractivity contribution is 5.17. The van der Waals surface area contributed by atoms with Crippen LogP contribution in [0, 0.1) is 0 Å². The summed E-state index contributed by atoms with van der Waals surface area (Å²) in [5, 5.41) is 0. The van der Waals surface area contributed by atoms with Crippen LogP contribution in [0.1, 0.15) is 30.9 Å². The number of benzene rings is 1. The molecule has 1 unspecified atom stereocenters. The summed E-state index contributed by atoms with van der Waals surface area (Å²) >= 11 is 0. The molecule has 1 fully saturated rings. The molecule has 84 valence electrons. The Labute approximate surface area is 110 Å². The van der Waals surface area contributed by atoms with E-state index in [1.165, 1.54) is 31.4 Å². The van der Waals surface area contributed by atoms with Gasteiger partial charge in [-0.3, -0.25) is 0 Å². The van der Waals surface area contributed by atoms with E-state index in [9.17, 15) is 0 Å². The Balaban J connectivity index is 0.00000112. The van der Waals surface area contributed by atoms with Gasteiger partial charge in [0, 0.05) is 12.0 Å². The van der Waals surface area contributed by atoms with E-state index in [1.807, 2.05) is 0 Å². The molecular formula is C13H20IN. The molecule has 2 heteroatoms. The van der Waals surface area contributed by atoms with Gasteiger partial charge in [0.25, 0.3) is 0 Å². The first-order valence-electron chi connectivity index (χ1n) is 5.58. The molecule has 0 aliphatic carbocycles. The van der Waals surface area contributed by atoms with Crippen LogP contribution >= 0.6 is 0 Å². The van der Waals surface area contributed by atoms with Crippen LogP contribution in [0.2, 0.25) is 0 Å². The molecule has 2 rings (SSSR count). The van der Waals surface area contributed by atoms with Gasteiger partial charge in [-0.1, -0.05) is 30.3 Å². The highest BCUT2D eigenvalue weighted by Crippen LogP contribution is 2.34. The van der Waals surface area contributed by atoms with Gasteiger partial charge in [0.05, 0.1) is 20.6 Å². The van der Waals surface area contributed by atoms with E-state index in [2.05, 4.69) is 44.4 Å². The van der Waals surface area contributed by atoms with Crippen LogP contribution < -0.4 is 24.0 Å². The SMILES string of the molecule is C[N+]1(C)CCCCC1c1ccccc1.[I-]. The summed E-state index contributed by atoms with van der Waals surface area (Å²) in [5.41, 5.74) is 1.51. The van der Waals surface area contributed by atoms with E-state index >= 15 is 0 Å². The Morgan fingerprint density at radius 1 is 1.07 bits per heavy atom. The first-order valence-corrected chi connectivity index (χ1v) is 5.58. The Morgan fingerprint density at radius 3 is 2.33 bits per heavy atom. The third-order valence-electron chi connectivity index (χ3n) is 3.49. The number of rotatable bonds is 1. The van der Waals surface area contributed by atoms with Crippen LogP contribution in [-0.4, -0.2) is 25.1 Å². The van der Waals surface area contributed by atoms with Gasteiger partial charge >= 0.3 is 0 Å². The molecule has 1 aromatic rings. The van der Waals surface area contributed by atoms with Crippen molar-refractivity contribution in [1.82, 2.24) is 0 Å². The smallest absolute Gasteiger partial charge is 0.114 e. The number of piperidine rings is 1. The van der Waals surface area contributed by atoms with E-state index in [4.69, 9.17) is 0 Å². The summed E-state index contributed by atoms with van der Waals surface area (Å²) in [6, 6.07) is 11.7. The first kappa shape index (κ1) is 13.0. The van der Waals surface area contributed by atoms with Gasteiger partial charge in [-0.25, -0.2) is 0 Å². The maximum absolute atomic E-state index is 2.36. The average molecular weight is 317 g/mol. The molecule has 0 spiro atoms. The van der Waals surface area contributed by atoms with Gasteiger partial charge in [0.2, 0.25) is 0 Å². The number of hydrogen-bond donors (Lipinski definition) is 0. The predicted molar refractivity (Wildman–Crippen MR) is 60.0 cm³/mol. The highest BCUT2D eigenvalue weighted by atomic mass is 127. The van der Waals surface area contributed by atoms with Crippen molar-refractivity contribution < 1.29 is 28.5 Å². The topological polar surface area (TPSA) is 0 Å². The van der Waals surface area contributed by atoms with E-state index in [0.717, 1.165) is 4.48 Å². The number of halogens is 1. The Morgan fingerprint density at radius 2 is 1.73 bits per heavy atom. The molecule has 0 radical (unpaired) electrons. The van der Waals surface area contributed by atoms with Gasteiger partial charge < -0.3 is 28.5 Å². The number of likely N-dealkylation sites (tertiary alicyclic amines) is 1. The lowest BCUT2D eigenvalue weighted by Crippen LogP contribution is -3.00. The summed E-state index contributed by atoms with van der Waals surface area (Å²) in [6.45, 7) is 1.32. The standard InChI is InChI=1S/C13H20N.HI/c1-14(2)11-7-6-10-13(14)12-8-4-3-5-9-12;/h3-5,8-9,13H,6-7,10-11H2,1-2H3;1H/q+1;/p-1. The fraction of sp³-hybridized carbons (Fsp3) is 0.538. The van der Waals surface area contributed by atoms with E-state index in [0.29, 0.717) is 6.04 Å². The van der Waals surface area contributed by atoms with E-state index in [1.54, 1.807) is 0 Å². The van der Waals surface area contributed by atoms with Gasteiger partial charge in [-0.2, -0.15) is 0 Å². The minimum absolute atomic E-state index is 0. The van der Waals surface area contributed by atoms with Crippen molar-refractivity contribution in [1.29, 1.82) is 0 Å². The quantitative estimate of drug-likeness (QED) is 0.505. The molecule has 1 saturated heterocycles. The molecule has 1 aliphatic heterocycles. The third kappa shape index (κ3) is 2.94. The molecule has 1 heterocycles. The molecule has 1 aromatic carbocycles. The maximum Gasteiger partial charge on any atom is 0.114 e. The third-order valence-corrected chi connectivity index (χ3v) is 3.49. The van der Waals surface area contributed by atoms with Crippen LogP contribution in [0.4, 0.5) is 0 Å². The van der Waals surface area contributed by atoms with Crippen molar-refractivity contribution in [2.45, 2.75) is 25.3 Å². The molecule has 0 aromatic heterocycles. The molecule has 1 atom stereocenters. The second-order valence-corrected chi connectivity index (χ2v) is 4.92. The molecule has 0 N–H and O–H groups in total. The van der Waals surface area contributed by atoms with Crippen LogP contribution in [0.25, 0.3) is 0 Å². The molecular weight excluding hydrogens is 297 g/mol. The van der Waals surface area contributed by atoms with Gasteiger partial charge in [0.1, 0.15) is 6.04 Å². The van der Waals surface area contributed by atoms with Crippen molar-refractivity contribution in [2.24, 2.45) is 0 Å². The lowest BCUT2D eigenvalue weighted by molar-refractivity contribution is -0.926. The first-order chi connectivity index (χ1) is 6.70. The summed E-state index contributed by atoms with van der Waals surface area (Å²) in [6.07, 6.45) is 4.12. The molecule has 0 amide bonds. The number of quaternary nitrogens is 1. The van der Waals surface area contributed by atoms with Gasteiger partial charge in [-0.15, -0.1) is 0 Å². The van der Waals surface area contributed by atoms with Crippen LogP contribution in [0.3, 0.4) is 0 Å². The number of nitrogens with zero attached hydrogens (tertiary/aromatic N) is 1. The largest absolute Gasteiger partial charge is 1.00 e. The van der Waals surface area contributed by atoms with Crippen molar-refractivity contribution in [3.05, 3.63) is 35.9 Å². The summed E-state index contributed by atoms with van der Waals surface area (Å²) in [7, 11) is 4.72. The average Bonchev–Trinajstić information content (AvgIpc) is 2.18. The second kappa shape index (κ2) is 5.30. The fourth-order valence-corrected chi connectivity index (χ4v) is 2.61. The van der Waals surface area contributed by atoms with Crippen molar-refractivity contribution in [2.75, 3.05) is 20.6 Å². The molecule has 15 heavy (non-hydrogen) atoms. The Bertz CT molecular complexity index is 295. The fourth-order valence-electron chi connectivity index (χ4n) is 2.61. The van der Waals surface area contributed by atoms with Crippen molar-refractivity contribution >= 4 is 0 Å². The summed E-state index contributed by atoms with van der Waals surface area (Å²) in [5.74, 6) is 0. The zero-order valence-electron chi connectivity index (χ0n) is 9.62. The van der Waals surface area contributed by atoms with Gasteiger partial charge in [-0.05, 0) is 12.8 Å². The van der Waals surface area contributed by atoms with Crippen LogP contribution in [-0.2, 0) is 0 Å². The van der Waals surface area contributed by atoms with Crippen molar-refractivity contribution in [3.8, 4) is 0 Å². The minimum atomic E-state index is 0. The molecule has 1 nitrogen and oxygen atoms in total. The zero-order chi connectivity index (χ0) is 10.0. The van der Waals surface area contributed by atoms with Crippen LogP contribution in [0.5, 0.6) is 0 Å². The normalized spacial score (nSPS) is 24.3. The molecule has 1 aliphatic rings. The van der Waals surface area contributed by atoms with E-state index in [-0.39, 0.29) is 24.0 Å². The number of hydrogen-bond acceptors (Lipinski definition) is 0. The lowest BCUT2D eigenvalue weighted by atomic mass is 9.94. The molecule has 0 saturated carbocycles. The van der Waals surface area contributed by atoms with Crippen LogP contribution in [0.15, 0.2) is 30.3 Å². The highest BCUT2D eigenvalue weighted by Gasteiger charge is 2.32. The van der Waals surface area contributed by atoms with E-state index < -0.39 is 0 Å². The summed E-state index contributed by atoms with van der Waals surface area (Å²) in [4.78, 5) is 0. The second-order valence-electron chi connectivity index (χ2n) is 4.92. The molecule has 0 bridgehead atoms.